The predicted octanol–water partition coefficient (Wildman–Crippen LogP) is 4.53. The molecule has 0 aliphatic carbocycles. The van der Waals surface area contributed by atoms with Gasteiger partial charge in [-0.2, -0.15) is 0 Å². The first kappa shape index (κ1) is 15.4. The van der Waals surface area contributed by atoms with Gasteiger partial charge >= 0.3 is 0 Å². The van der Waals surface area contributed by atoms with Gasteiger partial charge in [0, 0.05) is 0 Å². The van der Waals surface area contributed by atoms with Crippen LogP contribution in [0.3, 0.4) is 0 Å². The Morgan fingerprint density at radius 2 is 1.43 bits per heavy atom. The zero-order valence-corrected chi connectivity index (χ0v) is 13.3. The van der Waals surface area contributed by atoms with Gasteiger partial charge in [-0.05, 0) is 72.6 Å². The Bertz CT molecular complexity index is 781. The average molecular weight is 307 g/mol. The van der Waals surface area contributed by atoms with Crippen molar-refractivity contribution in [1.29, 1.82) is 0 Å². The fourth-order valence-electron chi connectivity index (χ4n) is 2.57. The van der Waals surface area contributed by atoms with Crippen molar-refractivity contribution in [3.8, 4) is 17.2 Å². The molecule has 3 aromatic rings. The summed E-state index contributed by atoms with van der Waals surface area (Å²) in [6, 6.07) is 20.2. The fraction of sp³-hybridized carbons (Fsp3) is 0.200. The Kier molecular flexibility index (Phi) is 4.79. The Labute approximate surface area is 136 Å². The van der Waals surface area contributed by atoms with Crippen LogP contribution in [0.15, 0.2) is 60.7 Å². The number of ether oxygens (including phenoxy) is 2. The van der Waals surface area contributed by atoms with Gasteiger partial charge in [-0.15, -0.1) is 0 Å². The van der Waals surface area contributed by atoms with Crippen molar-refractivity contribution in [3.63, 3.8) is 0 Å². The fourth-order valence-corrected chi connectivity index (χ4v) is 2.57. The summed E-state index contributed by atoms with van der Waals surface area (Å²) < 4.78 is 11.4. The lowest BCUT2D eigenvalue weighted by Gasteiger charge is -2.09. The SMILES string of the molecule is CCOc1ccc(Oc2ccc3cc(CCN)ccc3c2)cc1. The van der Waals surface area contributed by atoms with E-state index in [1.54, 1.807) is 0 Å². The van der Waals surface area contributed by atoms with E-state index in [4.69, 9.17) is 15.2 Å². The molecule has 0 spiro atoms. The van der Waals surface area contributed by atoms with E-state index in [1.807, 2.05) is 37.3 Å². The minimum absolute atomic E-state index is 0.664. The average Bonchev–Trinajstić information content (AvgIpc) is 2.57. The summed E-state index contributed by atoms with van der Waals surface area (Å²) in [6.07, 6.45) is 0.903. The van der Waals surface area contributed by atoms with Crippen LogP contribution in [-0.2, 0) is 6.42 Å². The van der Waals surface area contributed by atoms with Gasteiger partial charge in [0.1, 0.15) is 17.2 Å². The molecule has 0 heterocycles. The molecular weight excluding hydrogens is 286 g/mol. The van der Waals surface area contributed by atoms with E-state index in [0.29, 0.717) is 13.2 Å². The van der Waals surface area contributed by atoms with Gasteiger partial charge < -0.3 is 15.2 Å². The maximum absolute atomic E-state index is 5.92. The van der Waals surface area contributed by atoms with Crippen LogP contribution in [-0.4, -0.2) is 13.2 Å². The zero-order valence-electron chi connectivity index (χ0n) is 13.3. The maximum Gasteiger partial charge on any atom is 0.128 e. The molecule has 0 amide bonds. The highest BCUT2D eigenvalue weighted by Gasteiger charge is 2.02. The second-order valence-corrected chi connectivity index (χ2v) is 5.39. The van der Waals surface area contributed by atoms with Gasteiger partial charge in [-0.3, -0.25) is 0 Å². The van der Waals surface area contributed by atoms with Gasteiger partial charge in [-0.25, -0.2) is 0 Å². The van der Waals surface area contributed by atoms with Gasteiger partial charge in [0.05, 0.1) is 6.61 Å². The molecule has 0 saturated heterocycles. The summed E-state index contributed by atoms with van der Waals surface area (Å²) in [5.74, 6) is 2.48. The molecule has 0 atom stereocenters. The number of hydrogen-bond acceptors (Lipinski definition) is 3. The third-order valence-corrected chi connectivity index (χ3v) is 3.68. The van der Waals surface area contributed by atoms with Crippen molar-refractivity contribution in [2.75, 3.05) is 13.2 Å². The quantitative estimate of drug-likeness (QED) is 0.727. The van der Waals surface area contributed by atoms with E-state index in [-0.39, 0.29) is 0 Å². The molecule has 0 aliphatic heterocycles. The van der Waals surface area contributed by atoms with E-state index in [1.165, 1.54) is 10.9 Å². The Balaban J connectivity index is 1.78. The van der Waals surface area contributed by atoms with Crippen LogP contribution < -0.4 is 15.2 Å². The van der Waals surface area contributed by atoms with Gasteiger partial charge in [0.15, 0.2) is 0 Å². The molecule has 0 radical (unpaired) electrons. The third-order valence-electron chi connectivity index (χ3n) is 3.68. The first-order chi connectivity index (χ1) is 11.3. The van der Waals surface area contributed by atoms with Crippen molar-refractivity contribution in [1.82, 2.24) is 0 Å². The lowest BCUT2D eigenvalue weighted by atomic mass is 10.0. The highest BCUT2D eigenvalue weighted by atomic mass is 16.5. The number of nitrogens with two attached hydrogens (primary N) is 1. The molecule has 3 rings (SSSR count). The summed E-state index contributed by atoms with van der Waals surface area (Å²) in [5.41, 5.74) is 6.88. The second kappa shape index (κ2) is 7.16. The lowest BCUT2D eigenvalue weighted by Crippen LogP contribution is -2.02. The van der Waals surface area contributed by atoms with E-state index in [2.05, 4.69) is 30.3 Å². The van der Waals surface area contributed by atoms with Crippen LogP contribution in [0.2, 0.25) is 0 Å². The number of rotatable bonds is 6. The monoisotopic (exact) mass is 307 g/mol. The molecule has 2 N–H and O–H groups in total. The van der Waals surface area contributed by atoms with Crippen LogP contribution in [0.25, 0.3) is 10.8 Å². The summed E-state index contributed by atoms with van der Waals surface area (Å²) in [7, 11) is 0. The minimum Gasteiger partial charge on any atom is -0.494 e. The number of benzene rings is 3. The van der Waals surface area contributed by atoms with Gasteiger partial charge in [0.25, 0.3) is 0 Å². The van der Waals surface area contributed by atoms with E-state index < -0.39 is 0 Å². The summed E-state index contributed by atoms with van der Waals surface area (Å²) in [4.78, 5) is 0. The van der Waals surface area contributed by atoms with E-state index in [9.17, 15) is 0 Å². The second-order valence-electron chi connectivity index (χ2n) is 5.39. The van der Waals surface area contributed by atoms with Crippen LogP contribution in [0.5, 0.6) is 17.2 Å². The normalized spacial score (nSPS) is 10.7. The van der Waals surface area contributed by atoms with Crippen LogP contribution >= 0.6 is 0 Å². The number of hydrogen-bond donors (Lipinski definition) is 1. The molecule has 3 aromatic carbocycles. The Morgan fingerprint density at radius 3 is 2.17 bits per heavy atom. The largest absolute Gasteiger partial charge is 0.494 e. The molecular formula is C20H21NO2. The Morgan fingerprint density at radius 1 is 0.783 bits per heavy atom. The van der Waals surface area contributed by atoms with E-state index in [0.717, 1.165) is 29.1 Å². The minimum atomic E-state index is 0.664. The summed E-state index contributed by atoms with van der Waals surface area (Å²) >= 11 is 0. The van der Waals surface area contributed by atoms with Crippen LogP contribution in [0.1, 0.15) is 12.5 Å². The molecule has 3 nitrogen and oxygen atoms in total. The summed E-state index contributed by atoms with van der Waals surface area (Å²) in [6.45, 7) is 3.31. The third kappa shape index (κ3) is 3.82. The number of fused-ring (bicyclic) bond motifs is 1. The first-order valence-corrected chi connectivity index (χ1v) is 7.92. The first-order valence-electron chi connectivity index (χ1n) is 7.92. The maximum atomic E-state index is 5.92. The molecule has 3 heteroatoms. The van der Waals surface area contributed by atoms with Crippen molar-refractivity contribution in [2.45, 2.75) is 13.3 Å². The molecule has 118 valence electrons. The van der Waals surface area contributed by atoms with E-state index >= 15 is 0 Å². The van der Waals surface area contributed by atoms with Crippen molar-refractivity contribution in [2.24, 2.45) is 5.73 Å². The van der Waals surface area contributed by atoms with Gasteiger partial charge in [0.2, 0.25) is 0 Å². The van der Waals surface area contributed by atoms with Crippen molar-refractivity contribution >= 4 is 10.8 Å². The van der Waals surface area contributed by atoms with Crippen LogP contribution in [0.4, 0.5) is 0 Å². The highest BCUT2D eigenvalue weighted by Crippen LogP contribution is 2.27. The topological polar surface area (TPSA) is 44.5 Å². The summed E-state index contributed by atoms with van der Waals surface area (Å²) in [5, 5.41) is 2.37. The molecule has 0 saturated carbocycles. The molecule has 0 aromatic heterocycles. The van der Waals surface area contributed by atoms with Crippen molar-refractivity contribution in [3.05, 3.63) is 66.2 Å². The molecule has 23 heavy (non-hydrogen) atoms. The smallest absolute Gasteiger partial charge is 0.128 e. The predicted molar refractivity (Wildman–Crippen MR) is 94.4 cm³/mol. The molecule has 0 aliphatic rings. The van der Waals surface area contributed by atoms with Crippen molar-refractivity contribution < 1.29 is 9.47 Å². The highest BCUT2D eigenvalue weighted by molar-refractivity contribution is 5.84. The van der Waals surface area contributed by atoms with Gasteiger partial charge in [-0.1, -0.05) is 24.3 Å². The lowest BCUT2D eigenvalue weighted by molar-refractivity contribution is 0.339. The standard InChI is InChI=1S/C20H21NO2/c1-2-22-18-7-9-19(10-8-18)23-20-6-5-16-13-15(11-12-21)3-4-17(16)14-20/h3-10,13-14H,2,11-12,21H2,1H3. The molecule has 0 unspecified atom stereocenters. The zero-order chi connectivity index (χ0) is 16.1. The van der Waals surface area contributed by atoms with Crippen LogP contribution in [0, 0.1) is 0 Å². The Hall–Kier alpha value is -2.52. The molecule has 0 fully saturated rings. The molecule has 0 bridgehead atoms.